The second-order valence-electron chi connectivity index (χ2n) is 5.62. The van der Waals surface area contributed by atoms with Gasteiger partial charge in [0.15, 0.2) is 0 Å². The van der Waals surface area contributed by atoms with Gasteiger partial charge in [0, 0.05) is 6.54 Å². The molecule has 2 aromatic carbocycles. The lowest BCUT2D eigenvalue weighted by Gasteiger charge is -2.18. The minimum atomic E-state index is -0.520. The highest BCUT2D eigenvalue weighted by molar-refractivity contribution is 5.78. The largest absolute Gasteiger partial charge is 0.450 e. The van der Waals surface area contributed by atoms with Gasteiger partial charge < -0.3 is 15.4 Å². The van der Waals surface area contributed by atoms with Gasteiger partial charge in [-0.1, -0.05) is 60.7 Å². The highest BCUT2D eigenvalue weighted by Crippen LogP contribution is 2.16. The van der Waals surface area contributed by atoms with Crippen molar-refractivity contribution in [1.29, 1.82) is 0 Å². The first kappa shape index (κ1) is 18.5. The van der Waals surface area contributed by atoms with Gasteiger partial charge in [-0.15, -0.1) is 0 Å². The molecule has 2 rings (SSSR count). The molecule has 25 heavy (non-hydrogen) atoms. The topological polar surface area (TPSA) is 67.4 Å². The van der Waals surface area contributed by atoms with Crippen molar-refractivity contribution >= 4 is 12.0 Å². The van der Waals surface area contributed by atoms with Crippen LogP contribution >= 0.6 is 0 Å². The second kappa shape index (κ2) is 10.1. The molecule has 2 aromatic rings. The van der Waals surface area contributed by atoms with E-state index in [4.69, 9.17) is 4.74 Å². The van der Waals surface area contributed by atoms with Crippen molar-refractivity contribution in [2.45, 2.75) is 25.8 Å². The number of hydrogen-bond acceptors (Lipinski definition) is 3. The summed E-state index contributed by atoms with van der Waals surface area (Å²) in [5, 5.41) is 5.66. The van der Waals surface area contributed by atoms with Crippen molar-refractivity contribution in [2.24, 2.45) is 0 Å². The molecule has 0 saturated carbocycles. The van der Waals surface area contributed by atoms with Gasteiger partial charge >= 0.3 is 6.09 Å². The van der Waals surface area contributed by atoms with E-state index in [1.165, 1.54) is 5.56 Å². The first-order valence-corrected chi connectivity index (χ1v) is 8.48. The van der Waals surface area contributed by atoms with Crippen molar-refractivity contribution in [3.63, 3.8) is 0 Å². The molecule has 0 bridgehead atoms. The molecular weight excluding hydrogens is 316 g/mol. The normalized spacial score (nSPS) is 11.4. The number of hydrogen-bond donors (Lipinski definition) is 2. The summed E-state index contributed by atoms with van der Waals surface area (Å²) in [7, 11) is 0. The SMILES string of the molecule is CCOC(=O)N[C@H](CC(=O)NCCc1ccccc1)c1ccccc1. The van der Waals surface area contributed by atoms with E-state index in [9.17, 15) is 9.59 Å². The van der Waals surface area contributed by atoms with Crippen LogP contribution in [0.4, 0.5) is 4.79 Å². The quantitative estimate of drug-likeness (QED) is 0.775. The molecule has 0 aliphatic rings. The molecule has 2 N–H and O–H groups in total. The van der Waals surface area contributed by atoms with Crippen LogP contribution in [0.3, 0.4) is 0 Å². The van der Waals surface area contributed by atoms with Gasteiger partial charge in [0.2, 0.25) is 5.91 Å². The third-order valence-electron chi connectivity index (χ3n) is 3.74. The maximum Gasteiger partial charge on any atom is 0.407 e. The standard InChI is InChI=1S/C20H24N2O3/c1-2-25-20(24)22-18(17-11-7-4-8-12-17)15-19(23)21-14-13-16-9-5-3-6-10-16/h3-12,18H,2,13-15H2,1H3,(H,21,23)(H,22,24)/t18-/m1/s1. The van der Waals surface area contributed by atoms with E-state index in [1.54, 1.807) is 6.92 Å². The van der Waals surface area contributed by atoms with Gasteiger partial charge in [-0.2, -0.15) is 0 Å². The summed E-state index contributed by atoms with van der Waals surface area (Å²) in [5.74, 6) is -0.110. The van der Waals surface area contributed by atoms with Gasteiger partial charge in [-0.25, -0.2) is 4.79 Å². The number of amides is 2. The summed E-state index contributed by atoms with van der Waals surface area (Å²) >= 11 is 0. The predicted molar refractivity (Wildman–Crippen MR) is 97.1 cm³/mol. The zero-order chi connectivity index (χ0) is 17.9. The Morgan fingerprint density at radius 2 is 1.64 bits per heavy atom. The minimum Gasteiger partial charge on any atom is -0.450 e. The lowest BCUT2D eigenvalue weighted by atomic mass is 10.0. The minimum absolute atomic E-state index is 0.110. The fraction of sp³-hybridized carbons (Fsp3) is 0.300. The van der Waals surface area contributed by atoms with Gasteiger partial charge in [0.25, 0.3) is 0 Å². The Bertz CT molecular complexity index is 659. The van der Waals surface area contributed by atoms with Crippen LogP contribution < -0.4 is 10.6 Å². The highest BCUT2D eigenvalue weighted by Gasteiger charge is 2.18. The Balaban J connectivity index is 1.89. The zero-order valence-corrected chi connectivity index (χ0v) is 14.4. The van der Waals surface area contributed by atoms with Crippen molar-refractivity contribution in [3.05, 3.63) is 71.8 Å². The third kappa shape index (κ3) is 6.67. The molecule has 0 radical (unpaired) electrons. The molecule has 0 saturated heterocycles. The average Bonchev–Trinajstić information content (AvgIpc) is 2.63. The second-order valence-corrected chi connectivity index (χ2v) is 5.62. The number of benzene rings is 2. The van der Waals surface area contributed by atoms with Crippen molar-refractivity contribution < 1.29 is 14.3 Å². The van der Waals surface area contributed by atoms with Gasteiger partial charge in [-0.05, 0) is 24.5 Å². The Labute approximate surface area is 148 Å². The number of rotatable bonds is 8. The predicted octanol–water partition coefficient (Wildman–Crippen LogP) is 3.22. The van der Waals surface area contributed by atoms with Crippen molar-refractivity contribution in [3.8, 4) is 0 Å². The average molecular weight is 340 g/mol. The number of carbonyl (C=O) groups excluding carboxylic acids is 2. The van der Waals surface area contributed by atoms with Crippen molar-refractivity contribution in [2.75, 3.05) is 13.2 Å². The maximum atomic E-state index is 12.3. The van der Waals surface area contributed by atoms with E-state index in [-0.39, 0.29) is 18.9 Å². The molecule has 0 aliphatic carbocycles. The van der Waals surface area contributed by atoms with Crippen molar-refractivity contribution in [1.82, 2.24) is 10.6 Å². The molecule has 0 spiro atoms. The number of ether oxygens (including phenoxy) is 1. The molecular formula is C20H24N2O3. The summed E-state index contributed by atoms with van der Waals surface area (Å²) < 4.78 is 4.93. The maximum absolute atomic E-state index is 12.3. The van der Waals surface area contributed by atoms with Gasteiger partial charge in [0.1, 0.15) is 0 Å². The van der Waals surface area contributed by atoms with E-state index in [2.05, 4.69) is 10.6 Å². The molecule has 0 aliphatic heterocycles. The van der Waals surface area contributed by atoms with Crippen LogP contribution in [0.1, 0.15) is 30.5 Å². The first-order chi connectivity index (χ1) is 12.2. The van der Waals surface area contributed by atoms with E-state index < -0.39 is 12.1 Å². The first-order valence-electron chi connectivity index (χ1n) is 8.48. The lowest BCUT2D eigenvalue weighted by Crippen LogP contribution is -2.34. The Morgan fingerprint density at radius 3 is 2.28 bits per heavy atom. The number of carbonyl (C=O) groups is 2. The molecule has 1 atom stereocenters. The summed E-state index contributed by atoms with van der Waals surface area (Å²) in [6.45, 7) is 2.59. The molecule has 0 fully saturated rings. The van der Waals surface area contributed by atoms with Gasteiger partial charge in [-0.3, -0.25) is 4.79 Å². The molecule has 0 heterocycles. The van der Waals surface area contributed by atoms with Crippen LogP contribution in [-0.2, 0) is 16.0 Å². The Kier molecular flexibility index (Phi) is 7.50. The number of alkyl carbamates (subject to hydrolysis) is 1. The fourth-order valence-corrected chi connectivity index (χ4v) is 2.50. The molecule has 0 aromatic heterocycles. The van der Waals surface area contributed by atoms with Crippen LogP contribution in [0, 0.1) is 0 Å². The Hall–Kier alpha value is -2.82. The van der Waals surface area contributed by atoms with Gasteiger partial charge in [0.05, 0.1) is 19.1 Å². The van der Waals surface area contributed by atoms with Crippen LogP contribution in [0.5, 0.6) is 0 Å². The monoisotopic (exact) mass is 340 g/mol. The molecule has 5 heteroatoms. The summed E-state index contributed by atoms with van der Waals surface area (Å²) in [4.78, 5) is 24.0. The molecule has 5 nitrogen and oxygen atoms in total. The van der Waals surface area contributed by atoms with Crippen LogP contribution in [0.25, 0.3) is 0 Å². The fourth-order valence-electron chi connectivity index (χ4n) is 2.50. The molecule has 132 valence electrons. The van der Waals surface area contributed by atoms with Crippen LogP contribution in [0.2, 0.25) is 0 Å². The summed E-state index contributed by atoms with van der Waals surface area (Å²) in [5.41, 5.74) is 2.04. The summed E-state index contributed by atoms with van der Waals surface area (Å²) in [6, 6.07) is 19.0. The van der Waals surface area contributed by atoms with E-state index in [1.807, 2.05) is 60.7 Å². The van der Waals surface area contributed by atoms with Crippen LogP contribution in [-0.4, -0.2) is 25.2 Å². The third-order valence-corrected chi connectivity index (χ3v) is 3.74. The van der Waals surface area contributed by atoms with E-state index in [0.717, 1.165) is 12.0 Å². The zero-order valence-electron chi connectivity index (χ0n) is 14.4. The smallest absolute Gasteiger partial charge is 0.407 e. The highest BCUT2D eigenvalue weighted by atomic mass is 16.5. The lowest BCUT2D eigenvalue weighted by molar-refractivity contribution is -0.121. The summed E-state index contributed by atoms with van der Waals surface area (Å²) in [6.07, 6.45) is 0.416. The number of nitrogens with one attached hydrogen (secondary N) is 2. The van der Waals surface area contributed by atoms with E-state index >= 15 is 0 Å². The van der Waals surface area contributed by atoms with E-state index in [0.29, 0.717) is 6.54 Å². The van der Waals surface area contributed by atoms with Crippen LogP contribution in [0.15, 0.2) is 60.7 Å². The Morgan fingerprint density at radius 1 is 1.00 bits per heavy atom. The molecule has 2 amide bonds. The molecule has 0 unspecified atom stereocenters.